The third-order valence-electron chi connectivity index (χ3n) is 5.60. The average molecular weight is 449 g/mol. The topological polar surface area (TPSA) is 66.4 Å². The van der Waals surface area contributed by atoms with E-state index in [0.29, 0.717) is 18.3 Å². The van der Waals surface area contributed by atoms with Gasteiger partial charge in [0, 0.05) is 0 Å². The van der Waals surface area contributed by atoms with E-state index >= 15 is 0 Å². The van der Waals surface area contributed by atoms with Crippen molar-refractivity contribution in [2.45, 2.75) is 103 Å². The standard InChI is InChI=1S/C24H42O4S.Na/c1-4-5-6-7-8-9-10-11-12-13-21(2)20-22(3)18-19-28-23-14-16-24(17-15-23)29(25,26)27;/h14-17,21-22H,4-13,18-20H2,1-3H3,(H,25,26,27);/q;+1/p-1. The number of rotatable bonds is 17. The number of ether oxygens (including phenoxy) is 1. The van der Waals surface area contributed by atoms with Gasteiger partial charge in [-0.25, -0.2) is 8.42 Å². The van der Waals surface area contributed by atoms with E-state index in [1.807, 2.05) is 0 Å². The van der Waals surface area contributed by atoms with E-state index in [1.165, 1.54) is 82.8 Å². The molecule has 0 aromatic heterocycles. The second kappa shape index (κ2) is 17.5. The Morgan fingerprint density at radius 1 is 0.833 bits per heavy atom. The number of benzene rings is 1. The van der Waals surface area contributed by atoms with E-state index in [0.717, 1.165) is 12.3 Å². The Hall–Kier alpha value is -0.0700. The molecule has 0 amide bonds. The molecule has 0 aliphatic carbocycles. The molecule has 0 N–H and O–H groups in total. The fourth-order valence-electron chi connectivity index (χ4n) is 3.81. The summed E-state index contributed by atoms with van der Waals surface area (Å²) >= 11 is 0. The van der Waals surface area contributed by atoms with Crippen molar-refractivity contribution in [1.29, 1.82) is 0 Å². The van der Waals surface area contributed by atoms with Crippen molar-refractivity contribution in [1.82, 2.24) is 0 Å². The van der Waals surface area contributed by atoms with Gasteiger partial charge in [0.05, 0.1) is 11.5 Å². The number of unbranched alkanes of at least 4 members (excludes halogenated alkanes) is 8. The van der Waals surface area contributed by atoms with Gasteiger partial charge in [-0.1, -0.05) is 85.0 Å². The van der Waals surface area contributed by atoms with Crippen LogP contribution in [-0.2, 0) is 10.1 Å². The summed E-state index contributed by atoms with van der Waals surface area (Å²) in [6.07, 6.45) is 15.9. The largest absolute Gasteiger partial charge is 1.00 e. The molecule has 2 atom stereocenters. The van der Waals surface area contributed by atoms with Gasteiger partial charge < -0.3 is 9.29 Å². The quantitative estimate of drug-likeness (QED) is 0.206. The van der Waals surface area contributed by atoms with Crippen LogP contribution < -0.4 is 34.3 Å². The Morgan fingerprint density at radius 3 is 1.87 bits per heavy atom. The van der Waals surface area contributed by atoms with E-state index in [-0.39, 0.29) is 34.5 Å². The van der Waals surface area contributed by atoms with Crippen molar-refractivity contribution < 1.29 is 47.3 Å². The van der Waals surface area contributed by atoms with Crippen molar-refractivity contribution in [2.75, 3.05) is 6.61 Å². The Bertz CT molecular complexity index is 631. The van der Waals surface area contributed by atoms with Gasteiger partial charge in [0.2, 0.25) is 0 Å². The predicted octanol–water partition coefficient (Wildman–Crippen LogP) is 3.95. The van der Waals surface area contributed by atoms with Crippen molar-refractivity contribution in [3.8, 4) is 5.75 Å². The summed E-state index contributed by atoms with van der Waals surface area (Å²) in [7, 11) is -4.39. The summed E-state index contributed by atoms with van der Waals surface area (Å²) in [5, 5.41) is 0. The molecule has 6 heteroatoms. The molecule has 0 saturated heterocycles. The average Bonchev–Trinajstić information content (AvgIpc) is 2.66. The van der Waals surface area contributed by atoms with Gasteiger partial charge in [-0.2, -0.15) is 0 Å². The fraction of sp³-hybridized carbons (Fsp3) is 0.750. The smallest absolute Gasteiger partial charge is 0.744 e. The summed E-state index contributed by atoms with van der Waals surface area (Å²) in [4.78, 5) is -0.219. The molecule has 4 nitrogen and oxygen atoms in total. The Balaban J connectivity index is 0.00000841. The van der Waals surface area contributed by atoms with Crippen molar-refractivity contribution in [3.05, 3.63) is 24.3 Å². The van der Waals surface area contributed by atoms with Crippen molar-refractivity contribution in [3.63, 3.8) is 0 Å². The fourth-order valence-corrected chi connectivity index (χ4v) is 4.28. The number of hydrogen-bond acceptors (Lipinski definition) is 4. The van der Waals surface area contributed by atoms with Crippen molar-refractivity contribution >= 4 is 10.1 Å². The molecular formula is C24H41NaO4S. The van der Waals surface area contributed by atoms with E-state index in [2.05, 4.69) is 20.8 Å². The van der Waals surface area contributed by atoms with E-state index in [9.17, 15) is 13.0 Å². The first-order valence-corrected chi connectivity index (χ1v) is 12.9. The first-order valence-electron chi connectivity index (χ1n) is 11.5. The molecule has 0 heterocycles. The maximum Gasteiger partial charge on any atom is 1.00 e. The monoisotopic (exact) mass is 448 g/mol. The third kappa shape index (κ3) is 14.9. The summed E-state index contributed by atoms with van der Waals surface area (Å²) in [6.45, 7) is 7.49. The van der Waals surface area contributed by atoms with Crippen LogP contribution in [-0.4, -0.2) is 19.6 Å². The third-order valence-corrected chi connectivity index (χ3v) is 6.45. The van der Waals surface area contributed by atoms with Crippen LogP contribution in [0.4, 0.5) is 0 Å². The minimum Gasteiger partial charge on any atom is -0.744 e. The molecule has 0 spiro atoms. The SMILES string of the molecule is CCCCCCCCCCCC(C)CC(C)CCOc1ccc(S(=O)(=O)[O-])cc1.[Na+]. The van der Waals surface area contributed by atoms with Crippen LogP contribution >= 0.6 is 0 Å². The molecule has 0 aliphatic heterocycles. The maximum absolute atomic E-state index is 10.9. The summed E-state index contributed by atoms with van der Waals surface area (Å²) < 4.78 is 38.5. The molecular weight excluding hydrogens is 407 g/mol. The van der Waals surface area contributed by atoms with Crippen molar-refractivity contribution in [2.24, 2.45) is 11.8 Å². The predicted molar refractivity (Wildman–Crippen MR) is 119 cm³/mol. The van der Waals surface area contributed by atoms with Crippen LogP contribution in [0.3, 0.4) is 0 Å². The van der Waals surface area contributed by atoms with E-state index in [4.69, 9.17) is 4.74 Å². The zero-order valence-corrected chi connectivity index (χ0v) is 22.5. The zero-order valence-electron chi connectivity index (χ0n) is 19.7. The first kappa shape index (κ1) is 29.9. The first-order chi connectivity index (χ1) is 13.8. The van der Waals surface area contributed by atoms with Crippen LogP contribution in [0.15, 0.2) is 29.2 Å². The zero-order chi connectivity index (χ0) is 21.5. The van der Waals surface area contributed by atoms with Crippen LogP contribution in [0.1, 0.15) is 97.8 Å². The van der Waals surface area contributed by atoms with Gasteiger partial charge in [-0.15, -0.1) is 0 Å². The van der Waals surface area contributed by atoms with Crippen LogP contribution in [0, 0.1) is 11.8 Å². The van der Waals surface area contributed by atoms with Gasteiger partial charge in [-0.3, -0.25) is 0 Å². The van der Waals surface area contributed by atoms with Crippen LogP contribution in [0.25, 0.3) is 0 Å². The molecule has 1 aromatic carbocycles. The van der Waals surface area contributed by atoms with Gasteiger partial charge >= 0.3 is 29.6 Å². The molecule has 168 valence electrons. The Morgan fingerprint density at radius 2 is 1.33 bits per heavy atom. The second-order valence-corrected chi connectivity index (χ2v) is 10.0. The molecule has 0 fully saturated rings. The molecule has 2 unspecified atom stereocenters. The minimum atomic E-state index is -4.39. The van der Waals surface area contributed by atoms with Gasteiger partial charge in [0.25, 0.3) is 0 Å². The van der Waals surface area contributed by atoms with Gasteiger partial charge in [0.15, 0.2) is 0 Å². The van der Waals surface area contributed by atoms with Gasteiger partial charge in [-0.05, 0) is 48.9 Å². The maximum atomic E-state index is 10.9. The van der Waals surface area contributed by atoms with Crippen LogP contribution in [0.5, 0.6) is 5.75 Å². The molecule has 0 aliphatic rings. The molecule has 0 radical (unpaired) electrons. The molecule has 0 saturated carbocycles. The summed E-state index contributed by atoms with van der Waals surface area (Å²) in [5.41, 5.74) is 0. The van der Waals surface area contributed by atoms with E-state index < -0.39 is 10.1 Å². The van der Waals surface area contributed by atoms with E-state index in [1.54, 1.807) is 12.1 Å². The normalized spacial score (nSPS) is 13.5. The summed E-state index contributed by atoms with van der Waals surface area (Å²) in [6, 6.07) is 5.69. The molecule has 0 bridgehead atoms. The molecule has 1 rings (SSSR count). The van der Waals surface area contributed by atoms with Crippen LogP contribution in [0.2, 0.25) is 0 Å². The van der Waals surface area contributed by atoms with Gasteiger partial charge in [0.1, 0.15) is 15.9 Å². The molecule has 30 heavy (non-hydrogen) atoms. The second-order valence-electron chi connectivity index (χ2n) is 8.63. The summed E-state index contributed by atoms with van der Waals surface area (Å²) in [5.74, 6) is 1.95. The minimum absolute atomic E-state index is 0. The molecule has 1 aromatic rings. The Kier molecular flexibility index (Phi) is 17.4. The Labute approximate surface area is 207 Å². The number of hydrogen-bond donors (Lipinski definition) is 0.